The van der Waals surface area contributed by atoms with Gasteiger partial charge >= 0.3 is 0 Å². The SMILES string of the molecule is CCCCCCC(C)(O)C(=O)c1ccc(C(=O)c2ccccc2)cc1. The summed E-state index contributed by atoms with van der Waals surface area (Å²) in [4.78, 5) is 24.9. The number of unbranched alkanes of at least 4 members (excludes halogenated alkanes) is 3. The zero-order valence-corrected chi connectivity index (χ0v) is 15.0. The van der Waals surface area contributed by atoms with Crippen molar-refractivity contribution in [2.75, 3.05) is 0 Å². The number of aliphatic hydroxyl groups is 1. The molecule has 0 spiro atoms. The van der Waals surface area contributed by atoms with Crippen LogP contribution in [0.3, 0.4) is 0 Å². The number of ketones is 2. The highest BCUT2D eigenvalue weighted by molar-refractivity contribution is 6.09. The minimum atomic E-state index is -1.36. The molecule has 132 valence electrons. The zero-order valence-electron chi connectivity index (χ0n) is 15.0. The summed E-state index contributed by atoms with van der Waals surface area (Å²) in [6.07, 6.45) is 4.53. The van der Waals surface area contributed by atoms with E-state index in [2.05, 4.69) is 6.92 Å². The Kier molecular flexibility index (Phi) is 6.65. The van der Waals surface area contributed by atoms with E-state index in [1.54, 1.807) is 43.3 Å². The molecule has 0 saturated heterocycles. The third-order valence-corrected chi connectivity index (χ3v) is 4.45. The fourth-order valence-electron chi connectivity index (χ4n) is 2.85. The van der Waals surface area contributed by atoms with Crippen molar-refractivity contribution < 1.29 is 14.7 Å². The predicted molar refractivity (Wildman–Crippen MR) is 100 cm³/mol. The summed E-state index contributed by atoms with van der Waals surface area (Å²) >= 11 is 0. The molecule has 3 nitrogen and oxygen atoms in total. The molecule has 1 atom stereocenters. The Bertz CT molecular complexity index is 700. The molecule has 25 heavy (non-hydrogen) atoms. The van der Waals surface area contributed by atoms with Gasteiger partial charge in [-0.3, -0.25) is 9.59 Å². The maximum Gasteiger partial charge on any atom is 0.194 e. The van der Waals surface area contributed by atoms with Crippen LogP contribution in [0.1, 0.15) is 72.2 Å². The van der Waals surface area contributed by atoms with Crippen LogP contribution < -0.4 is 0 Å². The van der Waals surface area contributed by atoms with Crippen molar-refractivity contribution in [1.29, 1.82) is 0 Å². The van der Waals surface area contributed by atoms with Crippen LogP contribution >= 0.6 is 0 Å². The van der Waals surface area contributed by atoms with Crippen molar-refractivity contribution in [1.82, 2.24) is 0 Å². The van der Waals surface area contributed by atoms with E-state index >= 15 is 0 Å². The van der Waals surface area contributed by atoms with Crippen molar-refractivity contribution in [2.24, 2.45) is 0 Å². The lowest BCUT2D eigenvalue weighted by Crippen LogP contribution is -2.35. The van der Waals surface area contributed by atoms with Crippen molar-refractivity contribution in [3.8, 4) is 0 Å². The molecular weight excluding hydrogens is 312 g/mol. The van der Waals surface area contributed by atoms with Gasteiger partial charge < -0.3 is 5.11 Å². The molecule has 1 unspecified atom stereocenters. The molecule has 2 aromatic rings. The molecule has 0 fully saturated rings. The second-order valence-corrected chi connectivity index (χ2v) is 6.69. The molecule has 0 aliphatic heterocycles. The van der Waals surface area contributed by atoms with Crippen molar-refractivity contribution in [3.05, 3.63) is 71.3 Å². The Balaban J connectivity index is 2.06. The molecule has 0 saturated carbocycles. The van der Waals surface area contributed by atoms with Gasteiger partial charge in [0.15, 0.2) is 11.6 Å². The van der Waals surface area contributed by atoms with Gasteiger partial charge in [0.05, 0.1) is 0 Å². The molecule has 0 aliphatic carbocycles. The Hall–Kier alpha value is -2.26. The summed E-state index contributed by atoms with van der Waals surface area (Å²) in [6.45, 7) is 3.70. The normalized spacial score (nSPS) is 13.2. The minimum Gasteiger partial charge on any atom is -0.382 e. The van der Waals surface area contributed by atoms with Gasteiger partial charge in [0.25, 0.3) is 0 Å². The number of hydrogen-bond donors (Lipinski definition) is 1. The van der Waals surface area contributed by atoms with Gasteiger partial charge in [-0.05, 0) is 13.3 Å². The van der Waals surface area contributed by atoms with E-state index in [-0.39, 0.29) is 11.6 Å². The van der Waals surface area contributed by atoms with Gasteiger partial charge in [-0.2, -0.15) is 0 Å². The number of Topliss-reactive ketones (excluding diaryl/α,β-unsaturated/α-hetero) is 1. The van der Waals surface area contributed by atoms with Crippen LogP contribution in [0.2, 0.25) is 0 Å². The van der Waals surface area contributed by atoms with Crippen molar-refractivity contribution in [3.63, 3.8) is 0 Å². The monoisotopic (exact) mass is 338 g/mol. The highest BCUT2D eigenvalue weighted by atomic mass is 16.3. The molecule has 0 heterocycles. The maximum atomic E-state index is 12.5. The maximum absolute atomic E-state index is 12.5. The minimum absolute atomic E-state index is 0.0778. The molecule has 0 radical (unpaired) electrons. The second kappa shape index (κ2) is 8.72. The first-order chi connectivity index (χ1) is 12.0. The van der Waals surface area contributed by atoms with Gasteiger partial charge in [0.1, 0.15) is 5.60 Å². The predicted octanol–water partition coefficient (Wildman–Crippen LogP) is 4.82. The van der Waals surface area contributed by atoms with E-state index in [0.29, 0.717) is 23.1 Å². The standard InChI is InChI=1S/C22H26O3/c1-3-4-5-9-16-22(2,25)21(24)19-14-12-18(13-15-19)20(23)17-10-7-6-8-11-17/h6-8,10-15,25H,3-5,9,16H2,1-2H3. The quantitative estimate of drug-likeness (QED) is 0.527. The average molecular weight is 338 g/mol. The van der Waals surface area contributed by atoms with Crippen LogP contribution in [-0.2, 0) is 0 Å². The van der Waals surface area contributed by atoms with Gasteiger partial charge in [-0.1, -0.05) is 87.2 Å². The van der Waals surface area contributed by atoms with Crippen LogP contribution in [-0.4, -0.2) is 22.3 Å². The van der Waals surface area contributed by atoms with Gasteiger partial charge in [-0.15, -0.1) is 0 Å². The third-order valence-electron chi connectivity index (χ3n) is 4.45. The van der Waals surface area contributed by atoms with E-state index in [1.807, 2.05) is 18.2 Å². The van der Waals surface area contributed by atoms with Crippen LogP contribution in [0.15, 0.2) is 54.6 Å². The topological polar surface area (TPSA) is 54.4 Å². The van der Waals surface area contributed by atoms with Crippen LogP contribution in [0.25, 0.3) is 0 Å². The van der Waals surface area contributed by atoms with E-state index in [9.17, 15) is 14.7 Å². The lowest BCUT2D eigenvalue weighted by Gasteiger charge is -2.21. The summed E-state index contributed by atoms with van der Waals surface area (Å²) in [5, 5.41) is 10.5. The fourth-order valence-corrected chi connectivity index (χ4v) is 2.85. The zero-order chi connectivity index (χ0) is 18.3. The molecule has 1 N–H and O–H groups in total. The Morgan fingerprint density at radius 3 is 2.00 bits per heavy atom. The number of carbonyl (C=O) groups is 2. The molecular formula is C22H26O3. The smallest absolute Gasteiger partial charge is 0.194 e. The van der Waals surface area contributed by atoms with Crippen LogP contribution in [0, 0.1) is 0 Å². The second-order valence-electron chi connectivity index (χ2n) is 6.69. The Labute approximate surface area is 149 Å². The van der Waals surface area contributed by atoms with Gasteiger partial charge in [-0.25, -0.2) is 0 Å². The summed E-state index contributed by atoms with van der Waals surface area (Å²) in [5.74, 6) is -0.367. The van der Waals surface area contributed by atoms with E-state index in [0.717, 1.165) is 25.7 Å². The largest absolute Gasteiger partial charge is 0.382 e. The van der Waals surface area contributed by atoms with E-state index < -0.39 is 5.60 Å². The summed E-state index contributed by atoms with van der Waals surface area (Å²) < 4.78 is 0. The lowest BCUT2D eigenvalue weighted by molar-refractivity contribution is 0.0355. The first-order valence-electron chi connectivity index (χ1n) is 8.92. The Morgan fingerprint density at radius 2 is 1.40 bits per heavy atom. The molecule has 0 aromatic heterocycles. The van der Waals surface area contributed by atoms with Crippen molar-refractivity contribution in [2.45, 2.75) is 51.6 Å². The van der Waals surface area contributed by atoms with E-state index in [1.165, 1.54) is 0 Å². The highest BCUT2D eigenvalue weighted by Crippen LogP contribution is 2.21. The first kappa shape index (κ1) is 19.1. The number of benzene rings is 2. The average Bonchev–Trinajstić information content (AvgIpc) is 2.65. The summed E-state index contributed by atoms with van der Waals surface area (Å²) in [5.41, 5.74) is 0.221. The molecule has 3 heteroatoms. The number of rotatable bonds is 9. The molecule has 2 rings (SSSR count). The molecule has 0 bridgehead atoms. The highest BCUT2D eigenvalue weighted by Gasteiger charge is 2.30. The third kappa shape index (κ3) is 5.10. The summed E-state index contributed by atoms with van der Waals surface area (Å²) in [7, 11) is 0. The summed E-state index contributed by atoms with van der Waals surface area (Å²) in [6, 6.07) is 15.6. The molecule has 0 aliphatic rings. The van der Waals surface area contributed by atoms with E-state index in [4.69, 9.17) is 0 Å². The van der Waals surface area contributed by atoms with Gasteiger partial charge in [0.2, 0.25) is 0 Å². The number of hydrogen-bond acceptors (Lipinski definition) is 3. The van der Waals surface area contributed by atoms with Crippen LogP contribution in [0.4, 0.5) is 0 Å². The van der Waals surface area contributed by atoms with Gasteiger partial charge in [0, 0.05) is 16.7 Å². The number of carbonyl (C=O) groups excluding carboxylic acids is 2. The molecule has 2 aromatic carbocycles. The first-order valence-corrected chi connectivity index (χ1v) is 8.92. The fraction of sp³-hybridized carbons (Fsp3) is 0.364. The molecule has 0 amide bonds. The van der Waals surface area contributed by atoms with Crippen molar-refractivity contribution >= 4 is 11.6 Å². The Morgan fingerprint density at radius 1 is 0.840 bits per heavy atom. The van der Waals surface area contributed by atoms with Crippen LogP contribution in [0.5, 0.6) is 0 Å². The lowest BCUT2D eigenvalue weighted by atomic mass is 9.89.